The van der Waals surface area contributed by atoms with Crippen LogP contribution in [0.25, 0.3) is 11.3 Å². The first-order chi connectivity index (χ1) is 14.3. The highest BCUT2D eigenvalue weighted by molar-refractivity contribution is 8.00. The molecule has 156 valence electrons. The van der Waals surface area contributed by atoms with Gasteiger partial charge < -0.3 is 5.32 Å². The lowest BCUT2D eigenvalue weighted by atomic mass is 10.1. The summed E-state index contributed by atoms with van der Waals surface area (Å²) in [5, 5.41) is 7.29. The molecule has 0 saturated carbocycles. The number of nitrogens with zero attached hydrogens (tertiary/aromatic N) is 1. The number of hydrogen-bond donors (Lipinski definition) is 2. The van der Waals surface area contributed by atoms with Gasteiger partial charge in [-0.3, -0.25) is 14.9 Å². The molecule has 0 aliphatic heterocycles. The molecule has 2 aromatic carbocycles. The van der Waals surface area contributed by atoms with E-state index in [2.05, 4.69) is 15.6 Å². The summed E-state index contributed by atoms with van der Waals surface area (Å²) in [4.78, 5) is 29.5. The van der Waals surface area contributed by atoms with E-state index in [4.69, 9.17) is 0 Å². The zero-order chi connectivity index (χ0) is 21.7. The van der Waals surface area contributed by atoms with Gasteiger partial charge in [0.05, 0.1) is 17.0 Å². The van der Waals surface area contributed by atoms with Gasteiger partial charge in [-0.2, -0.15) is 0 Å². The smallest absolute Gasteiger partial charge is 0.258 e. The maximum atomic E-state index is 13.9. The second-order valence-electron chi connectivity index (χ2n) is 6.62. The second kappa shape index (κ2) is 9.82. The van der Waals surface area contributed by atoms with Crippen LogP contribution in [0.3, 0.4) is 0 Å². The first kappa shape index (κ1) is 21.9. The van der Waals surface area contributed by atoms with Crippen LogP contribution in [0.15, 0.2) is 52.7 Å². The molecule has 0 spiro atoms. The highest BCUT2D eigenvalue weighted by Crippen LogP contribution is 2.29. The van der Waals surface area contributed by atoms with Gasteiger partial charge in [-0.05, 0) is 44.2 Å². The SMILES string of the molecule is CC(C)NC(=O)CSc1ccccc1C(=O)Nc1nc(-c2cc(F)ccc2F)cs1. The predicted octanol–water partition coefficient (Wildman–Crippen LogP) is 4.96. The third-order valence-corrected chi connectivity index (χ3v) is 5.70. The van der Waals surface area contributed by atoms with E-state index in [0.29, 0.717) is 10.5 Å². The minimum absolute atomic E-state index is 0.0267. The van der Waals surface area contributed by atoms with E-state index < -0.39 is 17.5 Å². The van der Waals surface area contributed by atoms with Crippen LogP contribution in [0.5, 0.6) is 0 Å². The lowest BCUT2D eigenvalue weighted by Crippen LogP contribution is -2.31. The molecule has 0 saturated heterocycles. The summed E-state index contributed by atoms with van der Waals surface area (Å²) < 4.78 is 27.4. The van der Waals surface area contributed by atoms with Gasteiger partial charge >= 0.3 is 0 Å². The van der Waals surface area contributed by atoms with Crippen molar-refractivity contribution in [3.63, 3.8) is 0 Å². The molecule has 0 aliphatic carbocycles. The fourth-order valence-electron chi connectivity index (χ4n) is 2.60. The average molecular weight is 448 g/mol. The molecule has 5 nitrogen and oxygen atoms in total. The van der Waals surface area contributed by atoms with Crippen LogP contribution in [0.2, 0.25) is 0 Å². The Morgan fingerprint density at radius 2 is 1.93 bits per heavy atom. The number of benzene rings is 2. The van der Waals surface area contributed by atoms with E-state index in [1.54, 1.807) is 29.6 Å². The molecule has 0 aliphatic rings. The molecule has 0 radical (unpaired) electrons. The summed E-state index contributed by atoms with van der Waals surface area (Å²) in [7, 11) is 0. The van der Waals surface area contributed by atoms with Gasteiger partial charge in [0.1, 0.15) is 11.6 Å². The lowest BCUT2D eigenvalue weighted by molar-refractivity contribution is -0.119. The van der Waals surface area contributed by atoms with E-state index in [9.17, 15) is 18.4 Å². The Morgan fingerprint density at radius 1 is 1.17 bits per heavy atom. The molecular weight excluding hydrogens is 428 g/mol. The number of thiazole rings is 1. The second-order valence-corrected chi connectivity index (χ2v) is 8.50. The third kappa shape index (κ3) is 5.64. The van der Waals surface area contributed by atoms with Crippen molar-refractivity contribution in [3.05, 3.63) is 65.0 Å². The monoisotopic (exact) mass is 447 g/mol. The van der Waals surface area contributed by atoms with E-state index in [0.717, 1.165) is 29.5 Å². The fraction of sp³-hybridized carbons (Fsp3) is 0.190. The number of amides is 2. The van der Waals surface area contributed by atoms with E-state index in [1.165, 1.54) is 11.8 Å². The van der Waals surface area contributed by atoms with Crippen molar-refractivity contribution in [1.82, 2.24) is 10.3 Å². The molecule has 3 aromatic rings. The average Bonchev–Trinajstić information content (AvgIpc) is 3.16. The molecule has 0 atom stereocenters. The van der Waals surface area contributed by atoms with Gasteiger partial charge in [0.15, 0.2) is 5.13 Å². The Kier molecular flexibility index (Phi) is 7.17. The minimum Gasteiger partial charge on any atom is -0.353 e. The summed E-state index contributed by atoms with van der Waals surface area (Å²) in [5.41, 5.74) is 0.660. The van der Waals surface area contributed by atoms with Gasteiger partial charge in [-0.25, -0.2) is 13.8 Å². The number of carbonyl (C=O) groups is 2. The highest BCUT2D eigenvalue weighted by atomic mass is 32.2. The van der Waals surface area contributed by atoms with Gasteiger partial charge in [0.25, 0.3) is 5.91 Å². The Morgan fingerprint density at radius 3 is 2.70 bits per heavy atom. The van der Waals surface area contributed by atoms with Crippen LogP contribution in [0.4, 0.5) is 13.9 Å². The van der Waals surface area contributed by atoms with Crippen molar-refractivity contribution in [2.45, 2.75) is 24.8 Å². The van der Waals surface area contributed by atoms with Crippen molar-refractivity contribution in [2.24, 2.45) is 0 Å². The van der Waals surface area contributed by atoms with Crippen LogP contribution in [0, 0.1) is 11.6 Å². The van der Waals surface area contributed by atoms with Crippen LogP contribution >= 0.6 is 23.1 Å². The molecule has 2 amide bonds. The molecule has 1 aromatic heterocycles. The molecule has 0 fully saturated rings. The molecular formula is C21H19F2N3O2S2. The predicted molar refractivity (Wildman–Crippen MR) is 116 cm³/mol. The van der Waals surface area contributed by atoms with Gasteiger partial charge in [0.2, 0.25) is 5.91 Å². The Balaban J connectivity index is 1.72. The summed E-state index contributed by atoms with van der Waals surface area (Å²) in [6, 6.07) is 10.1. The van der Waals surface area contributed by atoms with E-state index in [1.807, 2.05) is 13.8 Å². The quantitative estimate of drug-likeness (QED) is 0.503. The number of carbonyl (C=O) groups excluding carboxylic acids is 2. The van der Waals surface area contributed by atoms with Crippen LogP contribution in [-0.4, -0.2) is 28.6 Å². The number of rotatable bonds is 7. The van der Waals surface area contributed by atoms with Crippen molar-refractivity contribution >= 4 is 40.0 Å². The van der Waals surface area contributed by atoms with Gasteiger partial charge in [-0.15, -0.1) is 23.1 Å². The molecule has 1 heterocycles. The van der Waals surface area contributed by atoms with Gasteiger partial charge in [-0.1, -0.05) is 12.1 Å². The van der Waals surface area contributed by atoms with E-state index >= 15 is 0 Å². The van der Waals surface area contributed by atoms with Crippen LogP contribution in [-0.2, 0) is 4.79 Å². The number of halogens is 2. The summed E-state index contributed by atoms with van der Waals surface area (Å²) in [5.74, 6) is -1.50. The number of aromatic nitrogens is 1. The normalized spacial score (nSPS) is 10.8. The number of nitrogens with one attached hydrogen (secondary N) is 2. The molecule has 9 heteroatoms. The lowest BCUT2D eigenvalue weighted by Gasteiger charge is -2.10. The van der Waals surface area contributed by atoms with Crippen molar-refractivity contribution in [1.29, 1.82) is 0 Å². The van der Waals surface area contributed by atoms with Crippen molar-refractivity contribution < 1.29 is 18.4 Å². The minimum atomic E-state index is -0.596. The fourth-order valence-corrected chi connectivity index (χ4v) is 4.17. The zero-order valence-corrected chi connectivity index (χ0v) is 17.9. The molecule has 0 unspecified atom stereocenters. The Labute approximate surface area is 180 Å². The maximum absolute atomic E-state index is 13.9. The summed E-state index contributed by atoms with van der Waals surface area (Å²) >= 11 is 2.37. The van der Waals surface area contributed by atoms with Crippen molar-refractivity contribution in [3.8, 4) is 11.3 Å². The molecule has 0 bridgehead atoms. The largest absolute Gasteiger partial charge is 0.353 e. The summed E-state index contributed by atoms with van der Waals surface area (Å²) in [6.07, 6.45) is 0. The Hall–Kier alpha value is -2.78. The van der Waals surface area contributed by atoms with Crippen LogP contribution < -0.4 is 10.6 Å². The third-order valence-electron chi connectivity index (χ3n) is 3.87. The highest BCUT2D eigenvalue weighted by Gasteiger charge is 2.16. The van der Waals surface area contributed by atoms with E-state index in [-0.39, 0.29) is 34.1 Å². The van der Waals surface area contributed by atoms with Gasteiger partial charge in [0, 0.05) is 21.9 Å². The first-order valence-electron chi connectivity index (χ1n) is 9.07. The maximum Gasteiger partial charge on any atom is 0.258 e. The van der Waals surface area contributed by atoms with Crippen molar-refractivity contribution in [2.75, 3.05) is 11.1 Å². The Bertz CT molecular complexity index is 1070. The number of thioether (sulfide) groups is 1. The topological polar surface area (TPSA) is 71.1 Å². The molecule has 3 rings (SSSR count). The summed E-state index contributed by atoms with van der Waals surface area (Å²) in [6.45, 7) is 3.75. The van der Waals surface area contributed by atoms with Crippen LogP contribution in [0.1, 0.15) is 24.2 Å². The zero-order valence-electron chi connectivity index (χ0n) is 16.2. The number of hydrogen-bond acceptors (Lipinski definition) is 5. The molecule has 30 heavy (non-hydrogen) atoms. The molecule has 2 N–H and O–H groups in total. The standard InChI is InChI=1S/C21H19F2N3O2S2/c1-12(2)24-19(27)11-29-18-6-4-3-5-14(18)20(28)26-21-25-17(10-30-21)15-9-13(22)7-8-16(15)23/h3-10,12H,11H2,1-2H3,(H,24,27)(H,25,26,28). The first-order valence-corrected chi connectivity index (χ1v) is 10.9. The number of anilines is 1.